The predicted octanol–water partition coefficient (Wildman–Crippen LogP) is 1.45. The van der Waals surface area contributed by atoms with E-state index in [1.54, 1.807) is 4.90 Å². The summed E-state index contributed by atoms with van der Waals surface area (Å²) in [4.78, 5) is 30.8. The predicted molar refractivity (Wildman–Crippen MR) is 102 cm³/mol. The van der Waals surface area contributed by atoms with E-state index in [-0.39, 0.29) is 24.2 Å². The lowest BCUT2D eigenvalue weighted by molar-refractivity contribution is 0.0534. The first-order valence-electron chi connectivity index (χ1n) is 8.55. The van der Waals surface area contributed by atoms with Crippen LogP contribution < -0.4 is 5.32 Å². The summed E-state index contributed by atoms with van der Waals surface area (Å²) >= 11 is 1.52. The van der Waals surface area contributed by atoms with Crippen LogP contribution in [0, 0.1) is 6.92 Å². The molecule has 4 rings (SSSR count). The number of rotatable bonds is 2. The molecular weight excluding hydrogens is 374 g/mol. The second-order valence-corrected chi connectivity index (χ2v) is 7.74. The standard InChI is InChI=1S/C17H21N5O2S.ClH/c1-11-2-3-14(25-11)16(23)21-6-8-22(9-7-21)17(24)15-12-10-18-5-4-13(12)19-20-15;/h2-3,18H,4-10H2,1H3,(H,19,20);1H. The Hall–Kier alpha value is -1.90. The second kappa shape index (κ2) is 7.77. The SMILES string of the molecule is Cc1ccc(C(=O)N2CCN(C(=O)c3n[nH]c4c3CNCC4)CC2)s1.Cl. The quantitative estimate of drug-likeness (QED) is 0.806. The van der Waals surface area contributed by atoms with Crippen molar-refractivity contribution in [2.45, 2.75) is 19.9 Å². The number of H-pyrrole nitrogens is 1. The molecule has 0 atom stereocenters. The van der Waals surface area contributed by atoms with Crippen molar-refractivity contribution >= 4 is 35.6 Å². The van der Waals surface area contributed by atoms with Crippen molar-refractivity contribution in [1.82, 2.24) is 25.3 Å². The van der Waals surface area contributed by atoms with Crippen LogP contribution in [0.3, 0.4) is 0 Å². The summed E-state index contributed by atoms with van der Waals surface area (Å²) in [6, 6.07) is 3.84. The largest absolute Gasteiger partial charge is 0.334 e. The first-order valence-corrected chi connectivity index (χ1v) is 9.37. The normalized spacial score (nSPS) is 16.8. The molecule has 0 unspecified atom stereocenters. The minimum atomic E-state index is -0.0414. The fraction of sp³-hybridized carbons (Fsp3) is 0.471. The van der Waals surface area contributed by atoms with Crippen LogP contribution in [0.1, 0.15) is 36.3 Å². The van der Waals surface area contributed by atoms with Crippen LogP contribution in [0.5, 0.6) is 0 Å². The maximum Gasteiger partial charge on any atom is 0.274 e. The zero-order valence-electron chi connectivity index (χ0n) is 14.6. The molecule has 140 valence electrons. The van der Waals surface area contributed by atoms with Crippen LogP contribution in [0.2, 0.25) is 0 Å². The number of nitrogens with zero attached hydrogens (tertiary/aromatic N) is 3. The Kier molecular flexibility index (Phi) is 5.64. The minimum absolute atomic E-state index is 0. The van der Waals surface area contributed by atoms with Crippen molar-refractivity contribution in [3.8, 4) is 0 Å². The summed E-state index contributed by atoms with van der Waals surface area (Å²) < 4.78 is 0. The molecule has 0 spiro atoms. The smallest absolute Gasteiger partial charge is 0.274 e. The van der Waals surface area contributed by atoms with Crippen LogP contribution in [0.4, 0.5) is 0 Å². The molecule has 0 radical (unpaired) electrons. The highest BCUT2D eigenvalue weighted by molar-refractivity contribution is 7.13. The molecular formula is C17H22ClN5O2S. The molecule has 0 bridgehead atoms. The van der Waals surface area contributed by atoms with Gasteiger partial charge in [-0.2, -0.15) is 5.10 Å². The number of aromatic nitrogens is 2. The Bertz CT molecular complexity index is 810. The number of aromatic amines is 1. The van der Waals surface area contributed by atoms with Crippen LogP contribution in [-0.2, 0) is 13.0 Å². The summed E-state index contributed by atoms with van der Waals surface area (Å²) in [5.41, 5.74) is 2.57. The minimum Gasteiger partial charge on any atom is -0.334 e. The van der Waals surface area contributed by atoms with Gasteiger partial charge >= 0.3 is 0 Å². The summed E-state index contributed by atoms with van der Waals surface area (Å²) in [5, 5.41) is 10.5. The van der Waals surface area contributed by atoms with E-state index in [1.807, 2.05) is 24.0 Å². The van der Waals surface area contributed by atoms with Gasteiger partial charge in [0.2, 0.25) is 0 Å². The monoisotopic (exact) mass is 395 g/mol. The van der Waals surface area contributed by atoms with Gasteiger partial charge in [0.05, 0.1) is 4.88 Å². The van der Waals surface area contributed by atoms with Crippen molar-refractivity contribution < 1.29 is 9.59 Å². The van der Waals surface area contributed by atoms with E-state index in [2.05, 4.69) is 15.5 Å². The van der Waals surface area contributed by atoms with Crippen molar-refractivity contribution in [3.05, 3.63) is 38.8 Å². The number of carbonyl (C=O) groups excluding carboxylic acids is 2. The summed E-state index contributed by atoms with van der Waals surface area (Å²) in [6.07, 6.45) is 0.873. The molecule has 2 N–H and O–H groups in total. The molecule has 2 aromatic rings. The van der Waals surface area contributed by atoms with E-state index in [0.717, 1.165) is 34.0 Å². The summed E-state index contributed by atoms with van der Waals surface area (Å²) in [7, 11) is 0. The number of amides is 2. The van der Waals surface area contributed by atoms with Gasteiger partial charge in [-0.3, -0.25) is 14.7 Å². The van der Waals surface area contributed by atoms with Gasteiger partial charge in [0, 0.05) is 61.8 Å². The van der Waals surface area contributed by atoms with Gasteiger partial charge in [-0.25, -0.2) is 0 Å². The van der Waals surface area contributed by atoms with Crippen molar-refractivity contribution in [2.75, 3.05) is 32.7 Å². The number of halogens is 1. The van der Waals surface area contributed by atoms with Crippen LogP contribution in [0.15, 0.2) is 12.1 Å². The second-order valence-electron chi connectivity index (χ2n) is 6.45. The molecule has 0 saturated carbocycles. The average Bonchev–Trinajstić information content (AvgIpc) is 3.27. The number of hydrogen-bond donors (Lipinski definition) is 2. The molecule has 2 aliphatic heterocycles. The Morgan fingerprint density at radius 1 is 1.12 bits per heavy atom. The van der Waals surface area contributed by atoms with Gasteiger partial charge < -0.3 is 15.1 Å². The average molecular weight is 396 g/mol. The molecule has 9 heteroatoms. The van der Waals surface area contributed by atoms with Crippen LogP contribution in [-0.4, -0.2) is 64.5 Å². The highest BCUT2D eigenvalue weighted by atomic mass is 35.5. The summed E-state index contributed by atoms with van der Waals surface area (Å²) in [6.45, 7) is 5.80. The molecule has 4 heterocycles. The Morgan fingerprint density at radius 3 is 2.46 bits per heavy atom. The Morgan fingerprint density at radius 2 is 1.81 bits per heavy atom. The van der Waals surface area contributed by atoms with Crippen LogP contribution in [0.25, 0.3) is 0 Å². The van der Waals surface area contributed by atoms with E-state index in [4.69, 9.17) is 0 Å². The van der Waals surface area contributed by atoms with E-state index in [0.29, 0.717) is 38.4 Å². The van der Waals surface area contributed by atoms with Crippen molar-refractivity contribution in [3.63, 3.8) is 0 Å². The van der Waals surface area contributed by atoms with Gasteiger partial charge in [0.1, 0.15) is 0 Å². The third-order valence-corrected chi connectivity index (χ3v) is 5.80. The van der Waals surface area contributed by atoms with Crippen molar-refractivity contribution in [2.24, 2.45) is 0 Å². The molecule has 26 heavy (non-hydrogen) atoms. The molecule has 7 nitrogen and oxygen atoms in total. The summed E-state index contributed by atoms with van der Waals surface area (Å²) in [5.74, 6) is 0.0202. The van der Waals surface area contributed by atoms with E-state index in [9.17, 15) is 9.59 Å². The number of aryl methyl sites for hydroxylation is 1. The Labute approximate surface area is 162 Å². The highest BCUT2D eigenvalue weighted by Gasteiger charge is 2.29. The first kappa shape index (κ1) is 18.9. The molecule has 0 aliphatic carbocycles. The first-order chi connectivity index (χ1) is 12.1. The van der Waals surface area contributed by atoms with Gasteiger partial charge in [-0.05, 0) is 19.1 Å². The third kappa shape index (κ3) is 3.49. The number of piperazine rings is 1. The number of thiophene rings is 1. The third-order valence-electron chi connectivity index (χ3n) is 4.81. The van der Waals surface area contributed by atoms with Gasteiger partial charge in [0.15, 0.2) is 5.69 Å². The zero-order valence-corrected chi connectivity index (χ0v) is 16.2. The van der Waals surface area contributed by atoms with Gasteiger partial charge in [0.25, 0.3) is 11.8 Å². The number of fused-ring (bicyclic) bond motifs is 1. The zero-order chi connectivity index (χ0) is 17.4. The molecule has 1 fully saturated rings. The lowest BCUT2D eigenvalue weighted by Gasteiger charge is -2.34. The van der Waals surface area contributed by atoms with Gasteiger partial charge in [-0.1, -0.05) is 0 Å². The molecule has 0 aromatic carbocycles. The Balaban J connectivity index is 0.00000196. The lowest BCUT2D eigenvalue weighted by atomic mass is 10.1. The lowest BCUT2D eigenvalue weighted by Crippen LogP contribution is -2.50. The number of hydrogen-bond acceptors (Lipinski definition) is 5. The van der Waals surface area contributed by atoms with Crippen LogP contribution >= 0.6 is 23.7 Å². The maximum absolute atomic E-state index is 12.8. The number of carbonyl (C=O) groups is 2. The molecule has 2 aliphatic rings. The fourth-order valence-corrected chi connectivity index (χ4v) is 4.21. The molecule has 1 saturated heterocycles. The highest BCUT2D eigenvalue weighted by Crippen LogP contribution is 2.20. The molecule has 2 aromatic heterocycles. The van der Waals surface area contributed by atoms with E-state index < -0.39 is 0 Å². The topological polar surface area (TPSA) is 81.3 Å². The van der Waals surface area contributed by atoms with E-state index in [1.165, 1.54) is 11.3 Å². The van der Waals surface area contributed by atoms with Gasteiger partial charge in [-0.15, -0.1) is 23.7 Å². The maximum atomic E-state index is 12.8. The number of nitrogens with one attached hydrogen (secondary N) is 2. The molecule has 2 amide bonds. The van der Waals surface area contributed by atoms with E-state index >= 15 is 0 Å². The fourth-order valence-electron chi connectivity index (χ4n) is 3.37. The van der Waals surface area contributed by atoms with Crippen molar-refractivity contribution in [1.29, 1.82) is 0 Å².